The van der Waals surface area contributed by atoms with Gasteiger partial charge in [-0.15, -0.1) is 6.42 Å². The molecule has 1 N–H and O–H groups in total. The van der Waals surface area contributed by atoms with Crippen molar-refractivity contribution < 1.29 is 14.6 Å². The number of para-hydroxylation sites is 1. The lowest BCUT2D eigenvalue weighted by Crippen LogP contribution is -2.39. The summed E-state index contributed by atoms with van der Waals surface area (Å²) >= 11 is 0. The summed E-state index contributed by atoms with van der Waals surface area (Å²) in [5, 5.41) is 10.0. The fourth-order valence-corrected chi connectivity index (χ4v) is 2.09. The van der Waals surface area contributed by atoms with Crippen molar-refractivity contribution in [2.75, 3.05) is 26.9 Å². The highest BCUT2D eigenvalue weighted by Crippen LogP contribution is 2.20. The molecule has 4 heteroatoms. The molecule has 4 nitrogen and oxygen atoms in total. The van der Waals surface area contributed by atoms with Crippen LogP contribution in [0, 0.1) is 12.3 Å². The highest BCUT2D eigenvalue weighted by Gasteiger charge is 2.17. The Morgan fingerprint density at radius 3 is 2.67 bits per heavy atom. The van der Waals surface area contributed by atoms with Crippen LogP contribution in [0.3, 0.4) is 0 Å². The van der Waals surface area contributed by atoms with Crippen molar-refractivity contribution in [1.29, 1.82) is 0 Å². The molecular formula is C17H25NO3. The van der Waals surface area contributed by atoms with Crippen molar-refractivity contribution in [1.82, 2.24) is 4.90 Å². The number of ether oxygens (including phenoxy) is 2. The molecule has 0 spiro atoms. The van der Waals surface area contributed by atoms with Crippen LogP contribution in [0.1, 0.15) is 19.4 Å². The number of nitrogens with zero attached hydrogens (tertiary/aromatic N) is 1. The normalized spacial score (nSPS) is 12.4. The standard InChI is InChI=1S/C17H25NO3/c1-5-10-21-13-16(19)12-18(14(2)3)11-15-8-6-7-9-17(15)20-4/h1,6-9,14,16,19H,10-13H2,2-4H3/t16-/m0/s1. The average molecular weight is 291 g/mol. The first kappa shape index (κ1) is 17.5. The van der Waals surface area contributed by atoms with Gasteiger partial charge in [0, 0.05) is 24.7 Å². The van der Waals surface area contributed by atoms with Crippen LogP contribution in [0.25, 0.3) is 0 Å². The van der Waals surface area contributed by atoms with Gasteiger partial charge in [0.2, 0.25) is 0 Å². The van der Waals surface area contributed by atoms with E-state index in [2.05, 4.69) is 24.7 Å². The molecule has 0 aliphatic rings. The van der Waals surface area contributed by atoms with E-state index in [0.29, 0.717) is 19.1 Å². The number of rotatable bonds is 9. The number of methoxy groups -OCH3 is 1. The molecular weight excluding hydrogens is 266 g/mol. The Morgan fingerprint density at radius 2 is 2.05 bits per heavy atom. The Kier molecular flexibility index (Phi) is 7.84. The molecule has 1 rings (SSSR count). The van der Waals surface area contributed by atoms with Gasteiger partial charge in [0.05, 0.1) is 19.8 Å². The highest BCUT2D eigenvalue weighted by molar-refractivity contribution is 5.33. The summed E-state index contributed by atoms with van der Waals surface area (Å²) < 4.78 is 10.6. The Labute approximate surface area is 127 Å². The minimum atomic E-state index is -0.560. The van der Waals surface area contributed by atoms with Crippen LogP contribution in [-0.4, -0.2) is 49.0 Å². The quantitative estimate of drug-likeness (QED) is 0.557. The van der Waals surface area contributed by atoms with Crippen LogP contribution < -0.4 is 4.74 Å². The zero-order valence-corrected chi connectivity index (χ0v) is 13.1. The number of hydrogen-bond acceptors (Lipinski definition) is 4. The van der Waals surface area contributed by atoms with Crippen molar-refractivity contribution in [2.45, 2.75) is 32.5 Å². The van der Waals surface area contributed by atoms with Crippen molar-refractivity contribution in [3.63, 3.8) is 0 Å². The maximum Gasteiger partial charge on any atom is 0.123 e. The largest absolute Gasteiger partial charge is 0.496 e. The predicted molar refractivity (Wildman–Crippen MR) is 84.2 cm³/mol. The molecule has 0 amide bonds. The van der Waals surface area contributed by atoms with Gasteiger partial charge in [0.1, 0.15) is 12.4 Å². The number of hydrogen-bond donors (Lipinski definition) is 1. The van der Waals surface area contributed by atoms with Gasteiger partial charge in [0.15, 0.2) is 0 Å². The van der Waals surface area contributed by atoms with Gasteiger partial charge in [-0.1, -0.05) is 24.1 Å². The van der Waals surface area contributed by atoms with E-state index < -0.39 is 6.10 Å². The monoisotopic (exact) mass is 291 g/mol. The average Bonchev–Trinajstić information content (AvgIpc) is 2.47. The summed E-state index contributed by atoms with van der Waals surface area (Å²) in [6.07, 6.45) is 4.56. The number of benzene rings is 1. The molecule has 0 radical (unpaired) electrons. The zero-order valence-electron chi connectivity index (χ0n) is 13.1. The molecule has 0 saturated carbocycles. The van der Waals surface area contributed by atoms with Crippen molar-refractivity contribution in [3.8, 4) is 18.1 Å². The van der Waals surface area contributed by atoms with E-state index in [-0.39, 0.29) is 13.2 Å². The topological polar surface area (TPSA) is 41.9 Å². The van der Waals surface area contributed by atoms with Crippen molar-refractivity contribution in [2.24, 2.45) is 0 Å². The Hall–Kier alpha value is -1.54. The lowest BCUT2D eigenvalue weighted by atomic mass is 10.1. The van der Waals surface area contributed by atoms with Gasteiger partial charge >= 0.3 is 0 Å². The molecule has 0 saturated heterocycles. The summed E-state index contributed by atoms with van der Waals surface area (Å²) in [6, 6.07) is 8.22. The molecule has 1 aromatic rings. The van der Waals surface area contributed by atoms with Crippen molar-refractivity contribution >= 4 is 0 Å². The molecule has 21 heavy (non-hydrogen) atoms. The second-order valence-corrected chi connectivity index (χ2v) is 5.21. The predicted octanol–water partition coefficient (Wildman–Crippen LogP) is 1.92. The Morgan fingerprint density at radius 1 is 1.33 bits per heavy atom. The highest BCUT2D eigenvalue weighted by atomic mass is 16.5. The minimum Gasteiger partial charge on any atom is -0.496 e. The molecule has 0 aliphatic carbocycles. The third-order valence-corrected chi connectivity index (χ3v) is 3.24. The fraction of sp³-hybridized carbons (Fsp3) is 0.529. The zero-order chi connectivity index (χ0) is 15.7. The second kappa shape index (κ2) is 9.41. The molecule has 0 heterocycles. The van der Waals surface area contributed by atoms with Gasteiger partial charge in [-0.05, 0) is 19.9 Å². The minimum absolute atomic E-state index is 0.227. The van der Waals surface area contributed by atoms with E-state index in [1.165, 1.54) is 0 Å². The van der Waals surface area contributed by atoms with E-state index in [0.717, 1.165) is 11.3 Å². The number of terminal acetylenes is 1. The molecule has 1 aromatic carbocycles. The molecule has 0 fully saturated rings. The van der Waals surface area contributed by atoms with Gasteiger partial charge in [0.25, 0.3) is 0 Å². The third kappa shape index (κ3) is 6.17. The molecule has 116 valence electrons. The Balaban J connectivity index is 2.63. The molecule has 0 bridgehead atoms. The summed E-state index contributed by atoms with van der Waals surface area (Å²) in [5.74, 6) is 3.25. The Bertz CT molecular complexity index is 454. The van der Waals surface area contributed by atoms with E-state index in [1.54, 1.807) is 7.11 Å². The van der Waals surface area contributed by atoms with Crippen LogP contribution in [0.2, 0.25) is 0 Å². The van der Waals surface area contributed by atoms with Gasteiger partial charge < -0.3 is 14.6 Å². The van der Waals surface area contributed by atoms with Crippen LogP contribution in [0.4, 0.5) is 0 Å². The number of aliphatic hydroxyl groups is 1. The first-order valence-corrected chi connectivity index (χ1v) is 7.13. The van der Waals surface area contributed by atoms with Gasteiger partial charge in [-0.3, -0.25) is 4.90 Å². The maximum absolute atomic E-state index is 10.0. The smallest absolute Gasteiger partial charge is 0.123 e. The van der Waals surface area contributed by atoms with Crippen LogP contribution >= 0.6 is 0 Å². The molecule has 0 aliphatic heterocycles. The van der Waals surface area contributed by atoms with Crippen LogP contribution in [0.5, 0.6) is 5.75 Å². The lowest BCUT2D eigenvalue weighted by molar-refractivity contribution is 0.0190. The summed E-state index contributed by atoms with van der Waals surface area (Å²) in [4.78, 5) is 2.18. The van der Waals surface area contributed by atoms with Gasteiger partial charge in [-0.2, -0.15) is 0 Å². The number of aliphatic hydroxyl groups excluding tert-OH is 1. The summed E-state index contributed by atoms with van der Waals surface area (Å²) in [5.41, 5.74) is 1.10. The van der Waals surface area contributed by atoms with E-state index >= 15 is 0 Å². The van der Waals surface area contributed by atoms with E-state index in [9.17, 15) is 5.11 Å². The summed E-state index contributed by atoms with van der Waals surface area (Å²) in [7, 11) is 1.67. The van der Waals surface area contributed by atoms with Crippen LogP contribution in [0.15, 0.2) is 24.3 Å². The van der Waals surface area contributed by atoms with E-state index in [1.807, 2.05) is 24.3 Å². The molecule has 0 unspecified atom stereocenters. The third-order valence-electron chi connectivity index (χ3n) is 3.24. The van der Waals surface area contributed by atoms with Crippen LogP contribution in [-0.2, 0) is 11.3 Å². The molecule has 1 atom stereocenters. The second-order valence-electron chi connectivity index (χ2n) is 5.21. The SMILES string of the molecule is C#CCOC[C@@H](O)CN(Cc1ccccc1OC)C(C)C. The fourth-order valence-electron chi connectivity index (χ4n) is 2.09. The summed E-state index contributed by atoms with van der Waals surface area (Å²) in [6.45, 7) is 5.92. The van der Waals surface area contributed by atoms with Gasteiger partial charge in [-0.25, -0.2) is 0 Å². The van der Waals surface area contributed by atoms with E-state index in [4.69, 9.17) is 15.9 Å². The maximum atomic E-state index is 10.0. The first-order valence-electron chi connectivity index (χ1n) is 7.13. The van der Waals surface area contributed by atoms with Crippen molar-refractivity contribution in [3.05, 3.63) is 29.8 Å². The lowest BCUT2D eigenvalue weighted by Gasteiger charge is -2.29. The molecule has 0 aromatic heterocycles. The first-order chi connectivity index (χ1) is 10.1.